The molecular weight excluding hydrogens is 320 g/mol. The molecule has 1 unspecified atom stereocenters. The molecule has 108 valence electrons. The zero-order valence-electron chi connectivity index (χ0n) is 11.4. The predicted octanol–water partition coefficient (Wildman–Crippen LogP) is 4.13. The van der Waals surface area contributed by atoms with Crippen molar-refractivity contribution in [1.29, 1.82) is 0 Å². The molecule has 1 aliphatic carbocycles. The van der Waals surface area contributed by atoms with E-state index in [0.29, 0.717) is 17.9 Å². The third-order valence-corrected chi connectivity index (χ3v) is 4.87. The molecule has 3 nitrogen and oxygen atoms in total. The smallest absolute Gasteiger partial charge is 0.153 e. The third-order valence-electron chi connectivity index (χ3n) is 4.38. The number of aldehydes is 1. The molecule has 1 heterocycles. The summed E-state index contributed by atoms with van der Waals surface area (Å²) in [7, 11) is 0. The second kappa shape index (κ2) is 5.86. The Morgan fingerprint density at radius 2 is 2.15 bits per heavy atom. The molecule has 0 N–H and O–H groups in total. The van der Waals surface area contributed by atoms with Gasteiger partial charge in [-0.1, -0.05) is 28.8 Å². The fraction of sp³-hybridized carbons (Fsp3) is 0.562. The van der Waals surface area contributed by atoms with Crippen LogP contribution in [-0.2, 0) is 4.74 Å². The van der Waals surface area contributed by atoms with E-state index in [1.165, 1.54) is 25.7 Å². The zero-order chi connectivity index (χ0) is 14.0. The summed E-state index contributed by atoms with van der Waals surface area (Å²) in [4.78, 5) is 11.0. The summed E-state index contributed by atoms with van der Waals surface area (Å²) in [5.41, 5.74) is 0.717. The van der Waals surface area contributed by atoms with Crippen LogP contribution in [0, 0.1) is 0 Å². The van der Waals surface area contributed by atoms with Crippen molar-refractivity contribution in [1.82, 2.24) is 0 Å². The first-order valence-electron chi connectivity index (χ1n) is 7.26. The first kappa shape index (κ1) is 14.1. The highest BCUT2D eigenvalue weighted by molar-refractivity contribution is 9.10. The molecule has 0 amide bonds. The monoisotopic (exact) mass is 338 g/mol. The third kappa shape index (κ3) is 2.91. The van der Waals surface area contributed by atoms with E-state index >= 15 is 0 Å². The molecule has 1 aromatic rings. The Morgan fingerprint density at radius 1 is 1.35 bits per heavy atom. The van der Waals surface area contributed by atoms with Gasteiger partial charge in [-0.2, -0.15) is 0 Å². The molecule has 20 heavy (non-hydrogen) atoms. The van der Waals surface area contributed by atoms with Crippen LogP contribution in [0.4, 0.5) is 0 Å². The minimum absolute atomic E-state index is 0.140. The van der Waals surface area contributed by atoms with Crippen LogP contribution in [0.5, 0.6) is 5.75 Å². The second-order valence-electron chi connectivity index (χ2n) is 5.78. The van der Waals surface area contributed by atoms with Crippen molar-refractivity contribution in [3.05, 3.63) is 28.2 Å². The van der Waals surface area contributed by atoms with Gasteiger partial charge in [0.15, 0.2) is 6.29 Å². The SMILES string of the molecule is O=Cc1cc(Br)ccc1OCC1CCC2(CCCC2)O1. The van der Waals surface area contributed by atoms with Crippen LogP contribution in [0.1, 0.15) is 48.9 Å². The van der Waals surface area contributed by atoms with Gasteiger partial charge in [0.1, 0.15) is 12.4 Å². The zero-order valence-corrected chi connectivity index (χ0v) is 13.0. The largest absolute Gasteiger partial charge is 0.490 e. The minimum Gasteiger partial charge on any atom is -0.490 e. The lowest BCUT2D eigenvalue weighted by atomic mass is 9.98. The lowest BCUT2D eigenvalue weighted by Gasteiger charge is -2.23. The van der Waals surface area contributed by atoms with Gasteiger partial charge in [0.25, 0.3) is 0 Å². The molecule has 3 rings (SSSR count). The molecule has 1 atom stereocenters. The highest BCUT2D eigenvalue weighted by atomic mass is 79.9. The molecule has 0 bridgehead atoms. The predicted molar refractivity (Wildman–Crippen MR) is 80.3 cm³/mol. The van der Waals surface area contributed by atoms with Gasteiger partial charge in [0, 0.05) is 4.47 Å². The average molecular weight is 339 g/mol. The lowest BCUT2D eigenvalue weighted by molar-refractivity contribution is -0.0509. The van der Waals surface area contributed by atoms with Crippen LogP contribution in [0.3, 0.4) is 0 Å². The first-order chi connectivity index (χ1) is 9.71. The van der Waals surface area contributed by atoms with E-state index in [0.717, 1.165) is 23.6 Å². The average Bonchev–Trinajstić information content (AvgIpc) is 3.08. The maximum Gasteiger partial charge on any atom is 0.153 e. The molecule has 1 saturated carbocycles. The van der Waals surface area contributed by atoms with E-state index in [-0.39, 0.29) is 11.7 Å². The van der Waals surface area contributed by atoms with E-state index < -0.39 is 0 Å². The van der Waals surface area contributed by atoms with Gasteiger partial charge in [-0.3, -0.25) is 4.79 Å². The van der Waals surface area contributed by atoms with Gasteiger partial charge < -0.3 is 9.47 Å². The number of hydrogen-bond donors (Lipinski definition) is 0. The van der Waals surface area contributed by atoms with E-state index in [4.69, 9.17) is 9.47 Å². The van der Waals surface area contributed by atoms with E-state index in [1.807, 2.05) is 12.1 Å². The molecule has 1 saturated heterocycles. The fourth-order valence-corrected chi connectivity index (χ4v) is 3.70. The van der Waals surface area contributed by atoms with Crippen molar-refractivity contribution in [2.45, 2.75) is 50.2 Å². The Bertz CT molecular complexity index is 494. The van der Waals surface area contributed by atoms with Crippen molar-refractivity contribution in [3.8, 4) is 5.75 Å². The molecular formula is C16H19BrO3. The van der Waals surface area contributed by atoms with Crippen LogP contribution >= 0.6 is 15.9 Å². The Kier molecular flexibility index (Phi) is 4.13. The van der Waals surface area contributed by atoms with Crippen LogP contribution in [0.25, 0.3) is 0 Å². The summed E-state index contributed by atoms with van der Waals surface area (Å²) in [5, 5.41) is 0. The van der Waals surface area contributed by atoms with Crippen molar-refractivity contribution >= 4 is 22.2 Å². The normalized spacial score (nSPS) is 24.1. The summed E-state index contributed by atoms with van der Waals surface area (Å²) < 4.78 is 12.9. The second-order valence-corrected chi connectivity index (χ2v) is 6.70. The number of carbonyl (C=O) groups excluding carboxylic acids is 1. The number of halogens is 1. The Hall–Kier alpha value is -0.870. The highest BCUT2D eigenvalue weighted by Crippen LogP contribution is 2.43. The van der Waals surface area contributed by atoms with E-state index in [9.17, 15) is 4.79 Å². The van der Waals surface area contributed by atoms with Crippen molar-refractivity contribution in [3.63, 3.8) is 0 Å². The number of ether oxygens (including phenoxy) is 2. The molecule has 2 aliphatic rings. The standard InChI is InChI=1S/C16H19BrO3/c17-13-3-4-15(12(9-13)10-18)19-11-14-5-8-16(20-14)6-1-2-7-16/h3-4,9-10,14H,1-2,5-8,11H2. The summed E-state index contributed by atoms with van der Waals surface area (Å²) in [5.74, 6) is 0.638. The van der Waals surface area contributed by atoms with Crippen LogP contribution < -0.4 is 4.74 Å². The summed E-state index contributed by atoms with van der Waals surface area (Å²) >= 11 is 3.36. The molecule has 1 aromatic carbocycles. The summed E-state index contributed by atoms with van der Waals surface area (Å²) in [6, 6.07) is 5.49. The maximum absolute atomic E-state index is 11.0. The van der Waals surface area contributed by atoms with Gasteiger partial charge in [-0.15, -0.1) is 0 Å². The van der Waals surface area contributed by atoms with Gasteiger partial charge in [0.2, 0.25) is 0 Å². The van der Waals surface area contributed by atoms with Gasteiger partial charge >= 0.3 is 0 Å². The number of carbonyl (C=O) groups is 1. The first-order valence-corrected chi connectivity index (χ1v) is 8.05. The van der Waals surface area contributed by atoms with Crippen LogP contribution in [0.2, 0.25) is 0 Å². The Labute approximate surface area is 127 Å². The number of benzene rings is 1. The molecule has 4 heteroatoms. The molecule has 2 fully saturated rings. The van der Waals surface area contributed by atoms with Gasteiger partial charge in [-0.05, 0) is 43.9 Å². The number of rotatable bonds is 4. The fourth-order valence-electron chi connectivity index (χ4n) is 3.33. The van der Waals surface area contributed by atoms with Crippen LogP contribution in [-0.4, -0.2) is 24.6 Å². The Morgan fingerprint density at radius 3 is 2.90 bits per heavy atom. The van der Waals surface area contributed by atoms with E-state index in [1.54, 1.807) is 6.07 Å². The highest BCUT2D eigenvalue weighted by Gasteiger charge is 2.42. The minimum atomic E-state index is 0.140. The molecule has 0 aromatic heterocycles. The maximum atomic E-state index is 11.0. The Balaban J connectivity index is 1.59. The molecule has 1 spiro atoms. The summed E-state index contributed by atoms with van der Waals surface area (Å²) in [6.07, 6.45) is 8.17. The topological polar surface area (TPSA) is 35.5 Å². The van der Waals surface area contributed by atoms with Crippen molar-refractivity contribution in [2.75, 3.05) is 6.61 Å². The van der Waals surface area contributed by atoms with Crippen molar-refractivity contribution in [2.24, 2.45) is 0 Å². The summed E-state index contributed by atoms with van der Waals surface area (Å²) in [6.45, 7) is 0.532. The lowest BCUT2D eigenvalue weighted by Crippen LogP contribution is -2.27. The quantitative estimate of drug-likeness (QED) is 0.774. The van der Waals surface area contributed by atoms with Gasteiger partial charge in [0.05, 0.1) is 17.3 Å². The number of hydrogen-bond acceptors (Lipinski definition) is 3. The van der Waals surface area contributed by atoms with Crippen molar-refractivity contribution < 1.29 is 14.3 Å². The molecule has 0 radical (unpaired) electrons. The van der Waals surface area contributed by atoms with Crippen LogP contribution in [0.15, 0.2) is 22.7 Å². The van der Waals surface area contributed by atoms with E-state index in [2.05, 4.69) is 15.9 Å². The molecule has 1 aliphatic heterocycles. The van der Waals surface area contributed by atoms with Gasteiger partial charge in [-0.25, -0.2) is 0 Å².